The molecular formula is C16H22N2O5. The Labute approximate surface area is 135 Å². The zero-order valence-electron chi connectivity index (χ0n) is 13.6. The van der Waals surface area contributed by atoms with E-state index in [2.05, 4.69) is 5.32 Å². The molecule has 2 rings (SSSR count). The molecule has 0 saturated carbocycles. The van der Waals surface area contributed by atoms with Crippen molar-refractivity contribution in [2.24, 2.45) is 0 Å². The molecule has 1 amide bonds. The second kappa shape index (κ2) is 7.82. The quantitative estimate of drug-likeness (QED) is 0.795. The second-order valence-corrected chi connectivity index (χ2v) is 5.13. The summed E-state index contributed by atoms with van der Waals surface area (Å²) in [4.78, 5) is 26.0. The lowest BCUT2D eigenvalue weighted by atomic mass is 10.1. The highest BCUT2D eigenvalue weighted by Gasteiger charge is 2.32. The first-order valence-corrected chi connectivity index (χ1v) is 7.51. The Balaban J connectivity index is 2.02. The fourth-order valence-corrected chi connectivity index (χ4v) is 2.56. The van der Waals surface area contributed by atoms with E-state index >= 15 is 0 Å². The maximum Gasteiger partial charge on any atom is 0.323 e. The van der Waals surface area contributed by atoms with Crippen LogP contribution in [0.1, 0.15) is 13.3 Å². The maximum absolute atomic E-state index is 12.2. The summed E-state index contributed by atoms with van der Waals surface area (Å²) in [7, 11) is 3.07. The van der Waals surface area contributed by atoms with E-state index in [9.17, 15) is 9.59 Å². The monoisotopic (exact) mass is 322 g/mol. The largest absolute Gasteiger partial charge is 0.493 e. The van der Waals surface area contributed by atoms with Crippen LogP contribution in [0, 0.1) is 0 Å². The molecule has 1 fully saturated rings. The summed E-state index contributed by atoms with van der Waals surface area (Å²) in [5.74, 6) is 0.510. The SMILES string of the molecule is CCN1CCOC(=O)[C@H]1CC(=O)Nc1ccc(OC)c(OC)c1. The standard InChI is InChI=1S/C16H22N2O5/c1-4-18-7-8-23-16(20)12(18)10-15(19)17-11-5-6-13(21-2)14(9-11)22-3/h5-6,9,12H,4,7-8,10H2,1-3H3,(H,17,19)/t12-/m1/s1. The number of hydrogen-bond donors (Lipinski definition) is 1. The number of methoxy groups -OCH3 is 2. The van der Waals surface area contributed by atoms with Crippen LogP contribution in [0.15, 0.2) is 18.2 Å². The fraction of sp³-hybridized carbons (Fsp3) is 0.500. The number of nitrogens with one attached hydrogen (secondary N) is 1. The number of esters is 1. The average molecular weight is 322 g/mol. The highest BCUT2D eigenvalue weighted by atomic mass is 16.5. The summed E-state index contributed by atoms with van der Waals surface area (Å²) in [6, 6.07) is 4.57. The molecule has 1 aliphatic heterocycles. The predicted octanol–water partition coefficient (Wildman–Crippen LogP) is 1.28. The molecule has 1 N–H and O–H groups in total. The minimum atomic E-state index is -0.533. The van der Waals surface area contributed by atoms with Gasteiger partial charge in [-0.2, -0.15) is 0 Å². The predicted molar refractivity (Wildman–Crippen MR) is 84.8 cm³/mol. The van der Waals surface area contributed by atoms with Crippen molar-refractivity contribution in [3.05, 3.63) is 18.2 Å². The van der Waals surface area contributed by atoms with Crippen LogP contribution in [0.3, 0.4) is 0 Å². The lowest BCUT2D eigenvalue weighted by Crippen LogP contribution is -2.50. The first-order chi connectivity index (χ1) is 11.1. The molecule has 7 heteroatoms. The number of likely N-dealkylation sites (N-methyl/N-ethyl adjacent to an activating group) is 1. The summed E-state index contributed by atoms with van der Waals surface area (Å²) in [5, 5.41) is 2.77. The Kier molecular flexibility index (Phi) is 5.81. The van der Waals surface area contributed by atoms with Crippen LogP contribution < -0.4 is 14.8 Å². The van der Waals surface area contributed by atoms with Gasteiger partial charge in [-0.05, 0) is 18.7 Å². The van der Waals surface area contributed by atoms with Crippen molar-refractivity contribution in [2.75, 3.05) is 39.2 Å². The van der Waals surface area contributed by atoms with E-state index in [1.54, 1.807) is 25.3 Å². The van der Waals surface area contributed by atoms with Gasteiger partial charge < -0.3 is 19.5 Å². The van der Waals surface area contributed by atoms with Gasteiger partial charge in [0.25, 0.3) is 0 Å². The number of carbonyl (C=O) groups is 2. The minimum absolute atomic E-state index is 0.0566. The number of amides is 1. The van der Waals surface area contributed by atoms with Crippen molar-refractivity contribution in [1.29, 1.82) is 0 Å². The Hall–Kier alpha value is -2.28. The van der Waals surface area contributed by atoms with Crippen molar-refractivity contribution in [3.63, 3.8) is 0 Å². The number of benzene rings is 1. The maximum atomic E-state index is 12.2. The van der Waals surface area contributed by atoms with Crippen LogP contribution in [0.2, 0.25) is 0 Å². The zero-order chi connectivity index (χ0) is 16.8. The highest BCUT2D eigenvalue weighted by Crippen LogP contribution is 2.29. The second-order valence-electron chi connectivity index (χ2n) is 5.13. The van der Waals surface area contributed by atoms with Crippen molar-refractivity contribution in [1.82, 2.24) is 4.90 Å². The number of carbonyl (C=O) groups excluding carboxylic acids is 2. The zero-order valence-corrected chi connectivity index (χ0v) is 13.6. The van der Waals surface area contributed by atoms with Gasteiger partial charge in [0.1, 0.15) is 12.6 Å². The van der Waals surface area contributed by atoms with Crippen molar-refractivity contribution in [3.8, 4) is 11.5 Å². The summed E-state index contributed by atoms with van der Waals surface area (Å²) in [6.07, 6.45) is 0.0566. The first-order valence-electron chi connectivity index (χ1n) is 7.51. The molecule has 0 aromatic heterocycles. The summed E-state index contributed by atoms with van der Waals surface area (Å²) in [5.41, 5.74) is 0.583. The third-order valence-corrected chi connectivity index (χ3v) is 3.79. The van der Waals surface area contributed by atoms with Crippen LogP contribution in [0.4, 0.5) is 5.69 Å². The molecule has 1 atom stereocenters. The molecule has 126 valence electrons. The van der Waals surface area contributed by atoms with E-state index < -0.39 is 6.04 Å². The number of anilines is 1. The molecular weight excluding hydrogens is 300 g/mol. The molecule has 23 heavy (non-hydrogen) atoms. The van der Waals surface area contributed by atoms with Crippen molar-refractivity contribution < 1.29 is 23.8 Å². The van der Waals surface area contributed by atoms with E-state index in [-0.39, 0.29) is 18.3 Å². The van der Waals surface area contributed by atoms with Crippen LogP contribution in [-0.4, -0.2) is 56.7 Å². The number of rotatable bonds is 6. The molecule has 0 bridgehead atoms. The van der Waals surface area contributed by atoms with Gasteiger partial charge in [0.2, 0.25) is 5.91 Å². The van der Waals surface area contributed by atoms with Crippen LogP contribution in [0.25, 0.3) is 0 Å². The van der Waals surface area contributed by atoms with Gasteiger partial charge in [-0.25, -0.2) is 0 Å². The molecule has 0 aliphatic carbocycles. The third kappa shape index (κ3) is 4.13. The van der Waals surface area contributed by atoms with Gasteiger partial charge in [0, 0.05) is 18.3 Å². The lowest BCUT2D eigenvalue weighted by Gasteiger charge is -2.32. The Morgan fingerprint density at radius 3 is 2.74 bits per heavy atom. The molecule has 7 nitrogen and oxygen atoms in total. The van der Waals surface area contributed by atoms with Crippen LogP contribution in [-0.2, 0) is 14.3 Å². The summed E-state index contributed by atoms with van der Waals surface area (Å²) in [6.45, 7) is 3.68. The van der Waals surface area contributed by atoms with Crippen LogP contribution in [0.5, 0.6) is 11.5 Å². The van der Waals surface area contributed by atoms with Gasteiger partial charge in [0.05, 0.1) is 20.6 Å². The minimum Gasteiger partial charge on any atom is -0.493 e. The highest BCUT2D eigenvalue weighted by molar-refractivity contribution is 5.94. The molecule has 0 unspecified atom stereocenters. The van der Waals surface area contributed by atoms with E-state index in [0.717, 1.165) is 0 Å². The van der Waals surface area contributed by atoms with Gasteiger partial charge in [0.15, 0.2) is 11.5 Å². The number of nitrogens with zero attached hydrogens (tertiary/aromatic N) is 1. The third-order valence-electron chi connectivity index (χ3n) is 3.79. The molecule has 1 aromatic rings. The Bertz CT molecular complexity index is 576. The molecule has 1 aromatic carbocycles. The molecule has 0 spiro atoms. The number of cyclic esters (lactones) is 1. The smallest absolute Gasteiger partial charge is 0.323 e. The van der Waals surface area contributed by atoms with Gasteiger partial charge >= 0.3 is 5.97 Å². The van der Waals surface area contributed by atoms with E-state index in [0.29, 0.717) is 36.9 Å². The van der Waals surface area contributed by atoms with Gasteiger partial charge in [-0.3, -0.25) is 14.5 Å². The molecule has 1 saturated heterocycles. The normalized spacial score (nSPS) is 18.2. The van der Waals surface area contributed by atoms with E-state index in [1.807, 2.05) is 11.8 Å². The molecule has 1 aliphatic rings. The molecule has 1 heterocycles. The summed E-state index contributed by atoms with van der Waals surface area (Å²) >= 11 is 0. The van der Waals surface area contributed by atoms with E-state index in [1.165, 1.54) is 7.11 Å². The van der Waals surface area contributed by atoms with Crippen LogP contribution >= 0.6 is 0 Å². The van der Waals surface area contributed by atoms with E-state index in [4.69, 9.17) is 14.2 Å². The Morgan fingerprint density at radius 2 is 2.09 bits per heavy atom. The average Bonchev–Trinajstić information content (AvgIpc) is 2.56. The number of hydrogen-bond acceptors (Lipinski definition) is 6. The Morgan fingerprint density at radius 1 is 1.35 bits per heavy atom. The lowest BCUT2D eigenvalue weighted by molar-refractivity contribution is -0.158. The van der Waals surface area contributed by atoms with Gasteiger partial charge in [-0.1, -0.05) is 6.92 Å². The van der Waals surface area contributed by atoms with Gasteiger partial charge in [-0.15, -0.1) is 0 Å². The number of ether oxygens (including phenoxy) is 3. The van der Waals surface area contributed by atoms with Crippen molar-refractivity contribution >= 4 is 17.6 Å². The summed E-state index contributed by atoms with van der Waals surface area (Å²) < 4.78 is 15.4. The first kappa shape index (κ1) is 17.1. The van der Waals surface area contributed by atoms with Crippen molar-refractivity contribution in [2.45, 2.75) is 19.4 Å². The fourth-order valence-electron chi connectivity index (χ4n) is 2.56. The topological polar surface area (TPSA) is 77.1 Å². The molecule has 0 radical (unpaired) electrons. The number of morpholine rings is 1.